The lowest BCUT2D eigenvalue weighted by Crippen LogP contribution is -2.36. The third kappa shape index (κ3) is 2.96. The fraction of sp³-hybridized carbons (Fsp3) is 0.438. The van der Waals surface area contributed by atoms with Gasteiger partial charge in [0.1, 0.15) is 5.69 Å². The van der Waals surface area contributed by atoms with E-state index in [1.807, 2.05) is 30.0 Å². The minimum Gasteiger partial charge on any atom is -0.343 e. The molecule has 1 fully saturated rings. The second-order valence-electron chi connectivity index (χ2n) is 5.66. The van der Waals surface area contributed by atoms with Gasteiger partial charge in [0.2, 0.25) is 5.91 Å². The van der Waals surface area contributed by atoms with Crippen LogP contribution >= 0.6 is 0 Å². The van der Waals surface area contributed by atoms with Crippen LogP contribution in [0, 0.1) is 6.92 Å². The monoisotopic (exact) mass is 284 g/mol. The summed E-state index contributed by atoms with van der Waals surface area (Å²) in [6.07, 6.45) is 1.96. The molecular formula is C16H20N4O. The predicted octanol–water partition coefficient (Wildman–Crippen LogP) is 2.51. The first-order valence-corrected chi connectivity index (χ1v) is 7.38. The molecule has 1 saturated heterocycles. The first kappa shape index (κ1) is 13.8. The minimum absolute atomic E-state index is 0.169. The molecule has 0 aliphatic carbocycles. The number of aryl methyl sites for hydroxylation is 1. The number of pyridine rings is 1. The van der Waals surface area contributed by atoms with E-state index in [2.05, 4.69) is 16.3 Å². The Bertz CT molecular complexity index is 641. The highest BCUT2D eigenvalue weighted by Gasteiger charge is 2.23. The molecule has 1 aliphatic rings. The molecular weight excluding hydrogens is 264 g/mol. The molecule has 3 heterocycles. The number of aromatic amines is 1. The Kier molecular flexibility index (Phi) is 3.73. The van der Waals surface area contributed by atoms with Crippen molar-refractivity contribution in [3.8, 4) is 11.4 Å². The van der Waals surface area contributed by atoms with Crippen LogP contribution in [0.1, 0.15) is 37.1 Å². The number of piperidine rings is 1. The molecule has 1 N–H and O–H groups in total. The van der Waals surface area contributed by atoms with E-state index >= 15 is 0 Å². The molecule has 2 aromatic heterocycles. The second-order valence-corrected chi connectivity index (χ2v) is 5.66. The third-order valence-electron chi connectivity index (χ3n) is 4.10. The van der Waals surface area contributed by atoms with Crippen LogP contribution < -0.4 is 0 Å². The number of nitrogens with one attached hydrogen (secondary N) is 1. The van der Waals surface area contributed by atoms with Gasteiger partial charge in [-0.2, -0.15) is 5.10 Å². The number of hydrogen-bond acceptors (Lipinski definition) is 3. The molecule has 0 atom stereocenters. The molecule has 110 valence electrons. The fourth-order valence-electron chi connectivity index (χ4n) is 2.86. The van der Waals surface area contributed by atoms with Gasteiger partial charge in [0.15, 0.2) is 0 Å². The van der Waals surface area contributed by atoms with Gasteiger partial charge in [0.25, 0.3) is 0 Å². The van der Waals surface area contributed by atoms with Crippen LogP contribution in [0.5, 0.6) is 0 Å². The SMILES string of the molecule is CC(=O)N1CCC(c2cccc(-c3cc(C)[nH]n3)n2)CC1. The van der Waals surface area contributed by atoms with Crippen molar-refractivity contribution in [3.63, 3.8) is 0 Å². The van der Waals surface area contributed by atoms with Crippen LogP contribution in [0.25, 0.3) is 11.4 Å². The fourth-order valence-corrected chi connectivity index (χ4v) is 2.86. The van der Waals surface area contributed by atoms with Gasteiger partial charge in [-0.3, -0.25) is 14.9 Å². The van der Waals surface area contributed by atoms with Gasteiger partial charge in [-0.25, -0.2) is 0 Å². The summed E-state index contributed by atoms with van der Waals surface area (Å²) in [5, 5.41) is 7.22. The molecule has 0 unspecified atom stereocenters. The zero-order chi connectivity index (χ0) is 14.8. The smallest absolute Gasteiger partial charge is 0.219 e. The summed E-state index contributed by atoms with van der Waals surface area (Å²) in [4.78, 5) is 18.1. The predicted molar refractivity (Wildman–Crippen MR) is 80.8 cm³/mol. The number of carbonyl (C=O) groups is 1. The van der Waals surface area contributed by atoms with Crippen LogP contribution in [0.4, 0.5) is 0 Å². The largest absolute Gasteiger partial charge is 0.343 e. The maximum absolute atomic E-state index is 11.4. The lowest BCUT2D eigenvalue weighted by Gasteiger charge is -2.31. The lowest BCUT2D eigenvalue weighted by molar-refractivity contribution is -0.129. The Morgan fingerprint density at radius 3 is 2.67 bits per heavy atom. The van der Waals surface area contributed by atoms with Gasteiger partial charge in [0, 0.05) is 37.3 Å². The van der Waals surface area contributed by atoms with Crippen molar-refractivity contribution in [2.45, 2.75) is 32.6 Å². The summed E-state index contributed by atoms with van der Waals surface area (Å²) in [5.74, 6) is 0.600. The van der Waals surface area contributed by atoms with Crippen molar-refractivity contribution >= 4 is 5.91 Å². The van der Waals surface area contributed by atoms with E-state index < -0.39 is 0 Å². The van der Waals surface area contributed by atoms with E-state index in [-0.39, 0.29) is 5.91 Å². The number of amides is 1. The highest BCUT2D eigenvalue weighted by molar-refractivity contribution is 5.73. The number of nitrogens with zero attached hydrogens (tertiary/aromatic N) is 3. The van der Waals surface area contributed by atoms with Crippen molar-refractivity contribution in [2.75, 3.05) is 13.1 Å². The van der Waals surface area contributed by atoms with Gasteiger partial charge in [0.05, 0.1) is 5.69 Å². The maximum Gasteiger partial charge on any atom is 0.219 e. The highest BCUT2D eigenvalue weighted by atomic mass is 16.2. The van der Waals surface area contributed by atoms with Crippen molar-refractivity contribution in [2.24, 2.45) is 0 Å². The molecule has 5 nitrogen and oxygen atoms in total. The van der Waals surface area contributed by atoms with Crippen LogP contribution in [0.2, 0.25) is 0 Å². The normalized spacial score (nSPS) is 16.2. The van der Waals surface area contributed by atoms with E-state index in [0.717, 1.165) is 48.7 Å². The van der Waals surface area contributed by atoms with Crippen molar-refractivity contribution < 1.29 is 4.79 Å². The van der Waals surface area contributed by atoms with Gasteiger partial charge >= 0.3 is 0 Å². The maximum atomic E-state index is 11.4. The van der Waals surface area contributed by atoms with E-state index in [1.165, 1.54) is 0 Å². The summed E-state index contributed by atoms with van der Waals surface area (Å²) in [6.45, 7) is 5.28. The third-order valence-corrected chi connectivity index (χ3v) is 4.10. The van der Waals surface area contributed by atoms with Crippen molar-refractivity contribution in [1.82, 2.24) is 20.1 Å². The molecule has 3 rings (SSSR count). The molecule has 0 saturated carbocycles. The quantitative estimate of drug-likeness (QED) is 0.921. The molecule has 2 aromatic rings. The van der Waals surface area contributed by atoms with Crippen molar-refractivity contribution in [3.05, 3.63) is 35.7 Å². The molecule has 21 heavy (non-hydrogen) atoms. The summed E-state index contributed by atoms with van der Waals surface area (Å²) < 4.78 is 0. The zero-order valence-corrected chi connectivity index (χ0v) is 12.5. The minimum atomic E-state index is 0.169. The second kappa shape index (κ2) is 5.68. The number of hydrogen-bond donors (Lipinski definition) is 1. The van der Waals surface area contributed by atoms with Gasteiger partial charge < -0.3 is 4.90 Å². The summed E-state index contributed by atoms with van der Waals surface area (Å²) in [5.41, 5.74) is 3.93. The summed E-state index contributed by atoms with van der Waals surface area (Å²) in [6, 6.07) is 8.12. The Morgan fingerprint density at radius 1 is 1.29 bits per heavy atom. The Morgan fingerprint density at radius 2 is 2.05 bits per heavy atom. The first-order chi connectivity index (χ1) is 10.1. The molecule has 0 bridgehead atoms. The average molecular weight is 284 g/mol. The van der Waals surface area contributed by atoms with Crippen LogP contribution in [0.15, 0.2) is 24.3 Å². The molecule has 0 radical (unpaired) electrons. The first-order valence-electron chi connectivity index (χ1n) is 7.38. The number of rotatable bonds is 2. The van der Waals surface area contributed by atoms with Crippen molar-refractivity contribution in [1.29, 1.82) is 0 Å². The van der Waals surface area contributed by atoms with Crippen LogP contribution in [-0.2, 0) is 4.79 Å². The molecule has 1 amide bonds. The molecule has 0 aromatic carbocycles. The van der Waals surface area contributed by atoms with Crippen LogP contribution in [-0.4, -0.2) is 39.1 Å². The average Bonchev–Trinajstić information content (AvgIpc) is 2.94. The van der Waals surface area contributed by atoms with Crippen LogP contribution in [0.3, 0.4) is 0 Å². The summed E-state index contributed by atoms with van der Waals surface area (Å²) >= 11 is 0. The Labute approximate surface area is 124 Å². The Balaban J connectivity index is 1.76. The summed E-state index contributed by atoms with van der Waals surface area (Å²) in [7, 11) is 0. The molecule has 5 heteroatoms. The number of carbonyl (C=O) groups excluding carboxylic acids is 1. The van der Waals surface area contributed by atoms with Gasteiger partial charge in [-0.05, 0) is 38.0 Å². The topological polar surface area (TPSA) is 61.9 Å². The van der Waals surface area contributed by atoms with E-state index in [1.54, 1.807) is 6.92 Å². The Hall–Kier alpha value is -2.17. The highest BCUT2D eigenvalue weighted by Crippen LogP contribution is 2.28. The molecule has 0 spiro atoms. The standard InChI is InChI=1S/C16H20N4O/c1-11-10-16(19-18-11)15-5-3-4-14(17-15)13-6-8-20(9-7-13)12(2)21/h3-5,10,13H,6-9H2,1-2H3,(H,18,19). The number of likely N-dealkylation sites (tertiary alicyclic amines) is 1. The van der Waals surface area contributed by atoms with E-state index in [4.69, 9.17) is 4.98 Å². The lowest BCUT2D eigenvalue weighted by atomic mass is 9.93. The number of H-pyrrole nitrogens is 1. The van der Waals surface area contributed by atoms with Gasteiger partial charge in [-0.1, -0.05) is 6.07 Å². The van der Waals surface area contributed by atoms with E-state index in [0.29, 0.717) is 5.92 Å². The van der Waals surface area contributed by atoms with Gasteiger partial charge in [-0.15, -0.1) is 0 Å². The van der Waals surface area contributed by atoms with E-state index in [9.17, 15) is 4.79 Å². The number of aromatic nitrogens is 3. The molecule has 1 aliphatic heterocycles. The zero-order valence-electron chi connectivity index (χ0n) is 12.5.